The van der Waals surface area contributed by atoms with E-state index < -0.39 is 23.3 Å². The van der Waals surface area contributed by atoms with E-state index in [-0.39, 0.29) is 10.7 Å². The molecule has 0 spiro atoms. The molecule has 2 atom stereocenters. The summed E-state index contributed by atoms with van der Waals surface area (Å²) in [6.07, 6.45) is 1.81. The van der Waals surface area contributed by atoms with Gasteiger partial charge in [0.25, 0.3) is 5.56 Å². The SMILES string of the molecule is CC1(c2cc(F)cc(Cl)c2)NC(O)c2ccc(Nc3ccncn3)c(=O)n21. The molecule has 2 aromatic heterocycles. The standard InChI is InChI=1S/C18H15ClFN5O2/c1-18(10-6-11(19)8-12(20)7-10)24-16(26)14-3-2-13(17(27)25(14)18)23-15-4-5-21-9-22-15/h2-9,16,24,26H,1H3,(H,21,22,23). The van der Waals surface area contributed by atoms with Crippen LogP contribution in [-0.2, 0) is 5.66 Å². The van der Waals surface area contributed by atoms with Crippen LogP contribution in [0.2, 0.25) is 5.02 Å². The molecule has 138 valence electrons. The fourth-order valence-corrected chi connectivity index (χ4v) is 3.50. The number of pyridine rings is 1. The van der Waals surface area contributed by atoms with Crippen LogP contribution < -0.4 is 16.2 Å². The van der Waals surface area contributed by atoms with Crippen molar-refractivity contribution < 1.29 is 9.50 Å². The largest absolute Gasteiger partial charge is 0.373 e. The maximum absolute atomic E-state index is 13.9. The summed E-state index contributed by atoms with van der Waals surface area (Å²) in [5, 5.41) is 16.5. The lowest BCUT2D eigenvalue weighted by molar-refractivity contribution is 0.125. The van der Waals surface area contributed by atoms with Gasteiger partial charge in [0, 0.05) is 11.2 Å². The minimum Gasteiger partial charge on any atom is -0.373 e. The number of aliphatic hydroxyl groups is 1. The Morgan fingerprint density at radius 1 is 1.33 bits per heavy atom. The molecule has 2 unspecified atom stereocenters. The number of hydrogen-bond donors (Lipinski definition) is 3. The van der Waals surface area contributed by atoms with Crippen LogP contribution in [0.4, 0.5) is 15.9 Å². The second-order valence-electron chi connectivity index (χ2n) is 6.31. The van der Waals surface area contributed by atoms with Gasteiger partial charge < -0.3 is 10.4 Å². The Bertz CT molecular complexity index is 1050. The first-order valence-electron chi connectivity index (χ1n) is 8.10. The van der Waals surface area contributed by atoms with Gasteiger partial charge in [-0.1, -0.05) is 11.6 Å². The maximum Gasteiger partial charge on any atom is 0.276 e. The van der Waals surface area contributed by atoms with Crippen LogP contribution in [0.25, 0.3) is 0 Å². The normalized spacial score (nSPS) is 21.1. The van der Waals surface area contributed by atoms with E-state index >= 15 is 0 Å². The second-order valence-corrected chi connectivity index (χ2v) is 6.75. The summed E-state index contributed by atoms with van der Waals surface area (Å²) < 4.78 is 15.3. The van der Waals surface area contributed by atoms with Gasteiger partial charge in [0.05, 0.1) is 5.69 Å². The zero-order chi connectivity index (χ0) is 19.2. The molecule has 0 radical (unpaired) electrons. The third kappa shape index (κ3) is 2.97. The summed E-state index contributed by atoms with van der Waals surface area (Å²) in [6.45, 7) is 1.67. The molecule has 27 heavy (non-hydrogen) atoms. The molecule has 0 saturated heterocycles. The van der Waals surface area contributed by atoms with E-state index in [1.165, 1.54) is 23.0 Å². The summed E-state index contributed by atoms with van der Waals surface area (Å²) in [5.74, 6) is -0.0866. The predicted molar refractivity (Wildman–Crippen MR) is 98.3 cm³/mol. The number of nitrogens with one attached hydrogen (secondary N) is 2. The fourth-order valence-electron chi connectivity index (χ4n) is 3.28. The number of halogens is 2. The number of rotatable bonds is 3. The van der Waals surface area contributed by atoms with Crippen LogP contribution >= 0.6 is 11.6 Å². The molecule has 0 saturated carbocycles. The predicted octanol–water partition coefficient (Wildman–Crippen LogP) is 2.49. The third-order valence-electron chi connectivity index (χ3n) is 4.53. The van der Waals surface area contributed by atoms with Crippen molar-refractivity contribution in [2.75, 3.05) is 5.32 Å². The summed E-state index contributed by atoms with van der Waals surface area (Å²) >= 11 is 5.99. The molecule has 1 aliphatic heterocycles. The van der Waals surface area contributed by atoms with Crippen molar-refractivity contribution in [2.24, 2.45) is 0 Å². The smallest absolute Gasteiger partial charge is 0.276 e. The highest BCUT2D eigenvalue weighted by atomic mass is 35.5. The lowest BCUT2D eigenvalue weighted by atomic mass is 10.0. The molecule has 0 fully saturated rings. The fraction of sp³-hybridized carbons (Fsp3) is 0.167. The first-order valence-corrected chi connectivity index (χ1v) is 8.48. The Balaban J connectivity index is 1.86. The lowest BCUT2D eigenvalue weighted by Crippen LogP contribution is -2.45. The highest BCUT2D eigenvalue weighted by Gasteiger charge is 2.41. The molecule has 1 aliphatic rings. The zero-order valence-corrected chi connectivity index (χ0v) is 14.9. The highest BCUT2D eigenvalue weighted by molar-refractivity contribution is 6.30. The van der Waals surface area contributed by atoms with E-state index in [9.17, 15) is 14.3 Å². The molecule has 4 rings (SSSR count). The highest BCUT2D eigenvalue weighted by Crippen LogP contribution is 2.35. The first-order chi connectivity index (χ1) is 12.9. The van der Waals surface area contributed by atoms with Crippen LogP contribution in [0.3, 0.4) is 0 Å². The van der Waals surface area contributed by atoms with Crippen molar-refractivity contribution >= 4 is 23.1 Å². The molecule has 7 nitrogen and oxygen atoms in total. The average Bonchev–Trinajstić information content (AvgIpc) is 2.90. The molecule has 0 aliphatic carbocycles. The van der Waals surface area contributed by atoms with Crippen LogP contribution in [0, 0.1) is 5.82 Å². The van der Waals surface area contributed by atoms with Gasteiger partial charge >= 0.3 is 0 Å². The zero-order valence-electron chi connectivity index (χ0n) is 14.1. The summed E-state index contributed by atoms with van der Waals surface area (Å²) in [5.41, 5.74) is -0.580. The van der Waals surface area contributed by atoms with E-state index in [0.717, 1.165) is 0 Å². The Morgan fingerprint density at radius 3 is 2.85 bits per heavy atom. The molecular weight excluding hydrogens is 373 g/mol. The molecule has 3 heterocycles. The van der Waals surface area contributed by atoms with Gasteiger partial charge in [-0.15, -0.1) is 0 Å². The molecular formula is C18H15ClFN5O2. The minimum absolute atomic E-state index is 0.194. The molecule has 3 aromatic rings. The maximum atomic E-state index is 13.9. The topological polar surface area (TPSA) is 92.1 Å². The Kier molecular flexibility index (Phi) is 4.18. The first kappa shape index (κ1) is 17.6. The van der Waals surface area contributed by atoms with Crippen molar-refractivity contribution in [2.45, 2.75) is 18.8 Å². The van der Waals surface area contributed by atoms with E-state index in [1.54, 1.807) is 37.4 Å². The van der Waals surface area contributed by atoms with E-state index in [2.05, 4.69) is 20.6 Å². The summed E-state index contributed by atoms with van der Waals surface area (Å²) in [6, 6.07) is 8.81. The van der Waals surface area contributed by atoms with Crippen LogP contribution in [0.15, 0.2) is 53.7 Å². The Morgan fingerprint density at radius 2 is 2.15 bits per heavy atom. The number of benzene rings is 1. The van der Waals surface area contributed by atoms with Gasteiger partial charge in [-0.2, -0.15) is 0 Å². The second kappa shape index (κ2) is 6.41. The number of anilines is 2. The van der Waals surface area contributed by atoms with Crippen molar-refractivity contribution in [1.29, 1.82) is 0 Å². The molecule has 3 N–H and O–H groups in total. The van der Waals surface area contributed by atoms with E-state index in [0.29, 0.717) is 17.1 Å². The van der Waals surface area contributed by atoms with E-state index in [1.807, 2.05) is 0 Å². The van der Waals surface area contributed by atoms with Crippen molar-refractivity contribution in [1.82, 2.24) is 19.9 Å². The van der Waals surface area contributed by atoms with Crippen LogP contribution in [0.1, 0.15) is 24.4 Å². The number of nitrogens with zero attached hydrogens (tertiary/aromatic N) is 3. The van der Waals surface area contributed by atoms with Gasteiger partial charge in [-0.25, -0.2) is 14.4 Å². The lowest BCUT2D eigenvalue weighted by Gasteiger charge is -2.29. The van der Waals surface area contributed by atoms with Crippen molar-refractivity contribution in [3.63, 3.8) is 0 Å². The Labute approximate surface area is 158 Å². The monoisotopic (exact) mass is 387 g/mol. The van der Waals surface area contributed by atoms with Gasteiger partial charge in [0.1, 0.15) is 35.5 Å². The van der Waals surface area contributed by atoms with Crippen LogP contribution in [0.5, 0.6) is 0 Å². The number of hydrogen-bond acceptors (Lipinski definition) is 6. The Hall–Kier alpha value is -2.81. The quantitative estimate of drug-likeness (QED) is 0.639. The summed E-state index contributed by atoms with van der Waals surface area (Å²) in [4.78, 5) is 21.0. The molecule has 0 bridgehead atoms. The number of aromatic nitrogens is 3. The third-order valence-corrected chi connectivity index (χ3v) is 4.75. The average molecular weight is 388 g/mol. The molecule has 1 aromatic carbocycles. The van der Waals surface area contributed by atoms with Crippen LogP contribution in [-0.4, -0.2) is 19.6 Å². The minimum atomic E-state index is -1.19. The summed E-state index contributed by atoms with van der Waals surface area (Å²) in [7, 11) is 0. The number of aliphatic hydroxyl groups excluding tert-OH is 1. The van der Waals surface area contributed by atoms with Gasteiger partial charge in [-0.05, 0) is 48.9 Å². The van der Waals surface area contributed by atoms with Gasteiger partial charge in [-0.3, -0.25) is 14.7 Å². The molecule has 0 amide bonds. The molecule has 9 heteroatoms. The van der Waals surface area contributed by atoms with E-state index in [4.69, 9.17) is 11.6 Å². The number of fused-ring (bicyclic) bond motifs is 1. The van der Waals surface area contributed by atoms with Crippen molar-refractivity contribution in [3.05, 3.63) is 81.4 Å². The van der Waals surface area contributed by atoms with Gasteiger partial charge in [0.15, 0.2) is 0 Å². The van der Waals surface area contributed by atoms with Crippen molar-refractivity contribution in [3.8, 4) is 0 Å². The van der Waals surface area contributed by atoms with Gasteiger partial charge in [0.2, 0.25) is 0 Å².